The Balaban J connectivity index is 1.41. The molecule has 3 aliphatic rings. The van der Waals surface area contributed by atoms with Gasteiger partial charge in [0.15, 0.2) is 0 Å². The Hall–Kier alpha value is -2.97. The lowest BCUT2D eigenvalue weighted by Gasteiger charge is -2.20. The highest BCUT2D eigenvalue weighted by Gasteiger charge is 2.33. The maximum atomic E-state index is 13.9. The number of aromatic amines is 1. The molecule has 8 heteroatoms. The highest BCUT2D eigenvalue weighted by molar-refractivity contribution is 6.36. The molecule has 0 saturated carbocycles. The third-order valence-electron chi connectivity index (χ3n) is 6.87. The summed E-state index contributed by atoms with van der Waals surface area (Å²) in [6.07, 6.45) is 3.86. The van der Waals surface area contributed by atoms with E-state index in [1.54, 1.807) is 6.07 Å². The first-order valence-electron chi connectivity index (χ1n) is 11.7. The van der Waals surface area contributed by atoms with Gasteiger partial charge in [0.2, 0.25) is 0 Å². The van der Waals surface area contributed by atoms with Crippen molar-refractivity contribution in [2.24, 2.45) is 0 Å². The number of aliphatic hydroxyl groups is 1. The summed E-state index contributed by atoms with van der Waals surface area (Å²) in [5.74, 6) is -0.865. The van der Waals surface area contributed by atoms with Crippen molar-refractivity contribution in [2.75, 3.05) is 31.5 Å². The number of H-pyrrole nitrogens is 1. The van der Waals surface area contributed by atoms with E-state index in [0.29, 0.717) is 41.8 Å². The predicted molar refractivity (Wildman–Crippen MR) is 124 cm³/mol. The van der Waals surface area contributed by atoms with Crippen LogP contribution in [0.1, 0.15) is 58.6 Å². The van der Waals surface area contributed by atoms with Crippen molar-refractivity contribution < 1.29 is 19.1 Å². The van der Waals surface area contributed by atoms with Crippen molar-refractivity contribution in [3.8, 4) is 0 Å². The van der Waals surface area contributed by atoms with E-state index in [9.17, 15) is 19.1 Å². The number of nitrogens with zero attached hydrogens (tertiary/aromatic N) is 1. The van der Waals surface area contributed by atoms with Gasteiger partial charge in [-0.3, -0.25) is 9.59 Å². The zero-order valence-corrected chi connectivity index (χ0v) is 18.8. The highest BCUT2D eigenvalue weighted by atomic mass is 19.1. The molecule has 4 N–H and O–H groups in total. The first-order chi connectivity index (χ1) is 15.9. The van der Waals surface area contributed by atoms with E-state index in [0.717, 1.165) is 54.9 Å². The molecule has 7 nitrogen and oxygen atoms in total. The zero-order valence-electron chi connectivity index (χ0n) is 18.8. The fourth-order valence-corrected chi connectivity index (χ4v) is 5.37. The van der Waals surface area contributed by atoms with Gasteiger partial charge in [-0.15, -0.1) is 0 Å². The minimum atomic E-state index is -0.617. The molecule has 1 aromatic heterocycles. The van der Waals surface area contributed by atoms with Gasteiger partial charge in [0.1, 0.15) is 5.82 Å². The lowest BCUT2D eigenvalue weighted by Crippen LogP contribution is -2.39. The first-order valence-corrected chi connectivity index (χ1v) is 11.7. The van der Waals surface area contributed by atoms with Gasteiger partial charge in [-0.25, -0.2) is 4.39 Å². The molecule has 1 aliphatic carbocycles. The van der Waals surface area contributed by atoms with Crippen LogP contribution in [0.15, 0.2) is 18.2 Å². The Morgan fingerprint density at radius 2 is 2.03 bits per heavy atom. The predicted octanol–water partition coefficient (Wildman–Crippen LogP) is 2.85. The molecule has 0 radical (unpaired) electrons. The number of likely N-dealkylation sites (tertiary alicyclic amines) is 1. The molecule has 0 bridgehead atoms. The number of hydrogen-bond acceptors (Lipinski definition) is 4. The van der Waals surface area contributed by atoms with E-state index in [1.807, 2.05) is 6.92 Å². The molecule has 1 atom stereocenters. The Labute approximate surface area is 192 Å². The van der Waals surface area contributed by atoms with Gasteiger partial charge in [0.25, 0.3) is 11.8 Å². The number of hydrogen-bond donors (Lipinski definition) is 4. The van der Waals surface area contributed by atoms with Crippen LogP contribution in [0.4, 0.5) is 10.1 Å². The monoisotopic (exact) mass is 452 g/mol. The lowest BCUT2D eigenvalue weighted by atomic mass is 9.86. The van der Waals surface area contributed by atoms with Crippen molar-refractivity contribution in [3.63, 3.8) is 0 Å². The highest BCUT2D eigenvalue weighted by Crippen LogP contribution is 2.43. The number of allylic oxidation sites excluding steroid dienone is 1. The van der Waals surface area contributed by atoms with Crippen LogP contribution in [0.5, 0.6) is 0 Å². The smallest absolute Gasteiger partial charge is 0.256 e. The number of rotatable bonds is 5. The third kappa shape index (κ3) is 4.09. The average molecular weight is 453 g/mol. The Bertz CT molecular complexity index is 1150. The fraction of sp³-hybridized carbons (Fsp3) is 0.440. The maximum absolute atomic E-state index is 13.9. The molecule has 1 fully saturated rings. The standard InChI is InChI=1S/C25H29FN4O3/c1-14-21(24(32)27-12-16(31)13-30-9-2-3-10-30)17-5-4-6-18(23(17)28-14)22-19-11-15(26)7-8-20(19)29-25(22)33/h7-8,11,16,28,31H,2-6,9-10,12-13H2,1H3,(H,27,32)(H,29,33)/b22-18-. The SMILES string of the molecule is Cc1[nH]c2c(c1C(=O)NCC(O)CN1CCCC1)CCC/C2=C1/C(=O)Nc2ccc(F)cc21. The summed E-state index contributed by atoms with van der Waals surface area (Å²) in [6, 6.07) is 4.29. The molecule has 1 saturated heterocycles. The van der Waals surface area contributed by atoms with Gasteiger partial charge >= 0.3 is 0 Å². The number of benzene rings is 1. The molecule has 3 heterocycles. The first kappa shape index (κ1) is 21.9. The molecule has 0 spiro atoms. The van der Waals surface area contributed by atoms with E-state index in [4.69, 9.17) is 0 Å². The van der Waals surface area contributed by atoms with Crippen LogP contribution in [0.25, 0.3) is 11.1 Å². The minimum Gasteiger partial charge on any atom is -0.390 e. The van der Waals surface area contributed by atoms with Gasteiger partial charge in [-0.2, -0.15) is 0 Å². The molecule has 174 valence electrons. The number of fused-ring (bicyclic) bond motifs is 2. The number of aliphatic hydroxyl groups excluding tert-OH is 1. The van der Waals surface area contributed by atoms with Gasteiger partial charge in [-0.05, 0) is 81.5 Å². The van der Waals surface area contributed by atoms with Crippen molar-refractivity contribution in [2.45, 2.75) is 45.1 Å². The summed E-state index contributed by atoms with van der Waals surface area (Å²) < 4.78 is 13.9. The lowest BCUT2D eigenvalue weighted by molar-refractivity contribution is -0.110. The van der Waals surface area contributed by atoms with E-state index in [2.05, 4.69) is 20.5 Å². The normalized spacial score (nSPS) is 21.0. The topological polar surface area (TPSA) is 97.5 Å². The number of amides is 2. The second-order valence-corrected chi connectivity index (χ2v) is 9.20. The van der Waals surface area contributed by atoms with Crippen molar-refractivity contribution >= 4 is 28.6 Å². The van der Waals surface area contributed by atoms with Crippen LogP contribution in [0.3, 0.4) is 0 Å². The van der Waals surface area contributed by atoms with Crippen molar-refractivity contribution in [1.82, 2.24) is 15.2 Å². The molecular formula is C25H29FN4O3. The van der Waals surface area contributed by atoms with Gasteiger partial charge in [0.05, 0.1) is 17.2 Å². The Morgan fingerprint density at radius 1 is 1.24 bits per heavy atom. The van der Waals surface area contributed by atoms with Crippen LogP contribution < -0.4 is 10.6 Å². The minimum absolute atomic E-state index is 0.192. The molecule has 2 aromatic rings. The van der Waals surface area contributed by atoms with E-state index >= 15 is 0 Å². The largest absolute Gasteiger partial charge is 0.390 e. The van der Waals surface area contributed by atoms with Crippen LogP contribution in [0.2, 0.25) is 0 Å². The molecule has 1 unspecified atom stereocenters. The van der Waals surface area contributed by atoms with Gasteiger partial charge in [-0.1, -0.05) is 0 Å². The van der Waals surface area contributed by atoms with E-state index in [-0.39, 0.29) is 18.4 Å². The molecule has 2 aliphatic heterocycles. The van der Waals surface area contributed by atoms with E-state index in [1.165, 1.54) is 12.1 Å². The summed E-state index contributed by atoms with van der Waals surface area (Å²) in [5, 5.41) is 16.1. The molecule has 1 aromatic carbocycles. The molecule has 2 amide bonds. The number of nitrogens with one attached hydrogen (secondary N) is 3. The third-order valence-corrected chi connectivity index (χ3v) is 6.87. The van der Waals surface area contributed by atoms with Crippen LogP contribution in [0, 0.1) is 12.7 Å². The number of carbonyl (C=O) groups is 2. The summed E-state index contributed by atoms with van der Waals surface area (Å²) in [6.45, 7) is 4.59. The van der Waals surface area contributed by atoms with Crippen molar-refractivity contribution in [1.29, 1.82) is 0 Å². The molecule has 5 rings (SSSR count). The molecular weight excluding hydrogens is 423 g/mol. The second kappa shape index (κ2) is 8.76. The van der Waals surface area contributed by atoms with Crippen LogP contribution in [-0.4, -0.2) is 59.1 Å². The summed E-state index contributed by atoms with van der Waals surface area (Å²) >= 11 is 0. The zero-order chi connectivity index (χ0) is 23.1. The van der Waals surface area contributed by atoms with E-state index < -0.39 is 11.9 Å². The number of aromatic nitrogens is 1. The fourth-order valence-electron chi connectivity index (χ4n) is 5.37. The number of β-amino-alcohol motifs (C(OH)–C–C–N with tert-alkyl or cyclic N) is 1. The van der Waals surface area contributed by atoms with Gasteiger partial charge in [0, 0.05) is 35.7 Å². The number of anilines is 1. The maximum Gasteiger partial charge on any atom is 0.256 e. The number of halogens is 1. The number of carbonyl (C=O) groups excluding carboxylic acids is 2. The van der Waals surface area contributed by atoms with Crippen LogP contribution >= 0.6 is 0 Å². The molecule has 33 heavy (non-hydrogen) atoms. The number of aryl methyl sites for hydroxylation is 1. The van der Waals surface area contributed by atoms with Gasteiger partial charge < -0.3 is 25.6 Å². The Morgan fingerprint density at radius 3 is 2.82 bits per heavy atom. The quantitative estimate of drug-likeness (QED) is 0.525. The average Bonchev–Trinajstić information content (AvgIpc) is 3.48. The van der Waals surface area contributed by atoms with Crippen molar-refractivity contribution in [3.05, 3.63) is 52.1 Å². The van der Waals surface area contributed by atoms with Crippen LogP contribution in [-0.2, 0) is 11.2 Å². The summed E-state index contributed by atoms with van der Waals surface area (Å²) in [5.41, 5.74) is 5.41. The summed E-state index contributed by atoms with van der Waals surface area (Å²) in [4.78, 5) is 31.4. The second-order valence-electron chi connectivity index (χ2n) is 9.20. The summed E-state index contributed by atoms with van der Waals surface area (Å²) in [7, 11) is 0. The Kier molecular flexibility index (Phi) is 5.80.